The average molecular weight is 415 g/mol. The number of tetrazole rings is 1. The number of carbonyl (C=O) groups is 1. The number of fused-ring (bicyclic) bond motifs is 1. The molecule has 0 fully saturated rings. The highest BCUT2D eigenvalue weighted by atomic mass is 19.4. The van der Waals surface area contributed by atoms with Crippen molar-refractivity contribution in [2.75, 3.05) is 0 Å². The third kappa shape index (κ3) is 3.88. The molecule has 10 heteroatoms. The lowest BCUT2D eigenvalue weighted by molar-refractivity contribution is -0.137. The van der Waals surface area contributed by atoms with Crippen molar-refractivity contribution < 1.29 is 22.4 Å². The maximum Gasteiger partial charge on any atom is 0.416 e. The highest BCUT2D eigenvalue weighted by Crippen LogP contribution is 2.33. The number of aromatic nitrogens is 5. The van der Waals surface area contributed by atoms with Crippen LogP contribution in [0.3, 0.4) is 0 Å². The fraction of sp³-hybridized carbons (Fsp3) is 0.150. The van der Waals surface area contributed by atoms with Gasteiger partial charge in [0, 0.05) is 30.3 Å². The molecule has 6 nitrogen and oxygen atoms in total. The van der Waals surface area contributed by atoms with Crippen molar-refractivity contribution in [2.45, 2.75) is 18.5 Å². The van der Waals surface area contributed by atoms with Gasteiger partial charge in [-0.1, -0.05) is 12.1 Å². The molecule has 3 heterocycles. The summed E-state index contributed by atoms with van der Waals surface area (Å²) in [6, 6.07) is 9.88. The number of Topliss-reactive ketones (excluding diaryl/α,β-unsaturated/α-hetero) is 1. The van der Waals surface area contributed by atoms with E-state index in [1.54, 1.807) is 0 Å². The number of hydrogen-bond donors (Lipinski definition) is 0. The summed E-state index contributed by atoms with van der Waals surface area (Å²) in [5.74, 6) is -1.86. The lowest BCUT2D eigenvalue weighted by Gasteiger charge is -2.18. The number of halogens is 4. The van der Waals surface area contributed by atoms with Gasteiger partial charge in [0.05, 0.1) is 11.3 Å². The van der Waals surface area contributed by atoms with Gasteiger partial charge in [-0.15, -0.1) is 5.10 Å². The van der Waals surface area contributed by atoms with Crippen LogP contribution in [0.5, 0.6) is 0 Å². The van der Waals surface area contributed by atoms with Crippen LogP contribution in [0.1, 0.15) is 39.5 Å². The van der Waals surface area contributed by atoms with Crippen LogP contribution < -0.4 is 0 Å². The molecule has 3 aromatic heterocycles. The molecular formula is C20H13F4N5O. The van der Waals surface area contributed by atoms with E-state index in [9.17, 15) is 22.4 Å². The monoisotopic (exact) mass is 415 g/mol. The van der Waals surface area contributed by atoms with Gasteiger partial charge < -0.3 is 0 Å². The van der Waals surface area contributed by atoms with E-state index in [-0.39, 0.29) is 17.9 Å². The quantitative estimate of drug-likeness (QED) is 0.363. The first kappa shape index (κ1) is 19.6. The lowest BCUT2D eigenvalue weighted by Crippen LogP contribution is -2.13. The van der Waals surface area contributed by atoms with Gasteiger partial charge in [-0.25, -0.2) is 8.91 Å². The Hall–Kier alpha value is -3.69. The van der Waals surface area contributed by atoms with E-state index in [0.29, 0.717) is 16.8 Å². The maximum atomic E-state index is 14.4. The van der Waals surface area contributed by atoms with Gasteiger partial charge in [0.1, 0.15) is 5.82 Å². The SMILES string of the molecule is O=C(C[C@@H](c1ccc(C(F)(F)F)cc1)c1ncccc1F)c1ccn2nnnc2c1. The van der Waals surface area contributed by atoms with Gasteiger partial charge in [0.15, 0.2) is 11.4 Å². The minimum Gasteiger partial charge on any atom is -0.294 e. The Morgan fingerprint density at radius 2 is 1.87 bits per heavy atom. The molecule has 0 radical (unpaired) electrons. The molecule has 4 rings (SSSR count). The lowest BCUT2D eigenvalue weighted by atomic mass is 9.88. The standard InChI is InChI=1S/C20H13F4N5O/c21-16-2-1-8-25-19(16)15(12-3-5-14(6-4-12)20(22,23)24)11-17(30)13-7-9-29-18(10-13)26-27-28-29/h1-10,15H,11H2/t15-/m0/s1. The third-order valence-corrected chi connectivity index (χ3v) is 4.67. The van der Waals surface area contributed by atoms with Crippen LogP contribution in [0.2, 0.25) is 0 Å². The van der Waals surface area contributed by atoms with E-state index in [2.05, 4.69) is 20.5 Å². The number of carbonyl (C=O) groups excluding carboxylic acids is 1. The van der Waals surface area contributed by atoms with Crippen molar-refractivity contribution in [3.05, 3.63) is 89.1 Å². The average Bonchev–Trinajstić information content (AvgIpc) is 3.20. The van der Waals surface area contributed by atoms with Crippen molar-refractivity contribution >= 4 is 11.4 Å². The predicted octanol–water partition coefficient (Wildman–Crippen LogP) is 4.08. The summed E-state index contributed by atoms with van der Waals surface area (Å²) in [4.78, 5) is 16.9. The summed E-state index contributed by atoms with van der Waals surface area (Å²) >= 11 is 0. The van der Waals surface area contributed by atoms with Crippen LogP contribution in [-0.4, -0.2) is 30.8 Å². The topological polar surface area (TPSA) is 73.0 Å². The molecule has 152 valence electrons. The van der Waals surface area contributed by atoms with Crippen LogP contribution >= 0.6 is 0 Å². The molecule has 1 aromatic carbocycles. The molecule has 0 unspecified atom stereocenters. The van der Waals surface area contributed by atoms with Crippen molar-refractivity contribution in [2.24, 2.45) is 0 Å². The molecular weight excluding hydrogens is 402 g/mol. The minimum absolute atomic E-state index is 0.0177. The number of ketones is 1. The number of rotatable bonds is 5. The zero-order chi connectivity index (χ0) is 21.3. The number of benzene rings is 1. The van der Waals surface area contributed by atoms with Crippen molar-refractivity contribution in [1.29, 1.82) is 0 Å². The summed E-state index contributed by atoms with van der Waals surface area (Å²) in [6.07, 6.45) is -1.82. The van der Waals surface area contributed by atoms with Crippen molar-refractivity contribution in [3.63, 3.8) is 0 Å². The second-order valence-corrected chi connectivity index (χ2v) is 6.57. The Kier molecular flexibility index (Phi) is 4.98. The fourth-order valence-corrected chi connectivity index (χ4v) is 3.15. The van der Waals surface area contributed by atoms with E-state index < -0.39 is 23.5 Å². The van der Waals surface area contributed by atoms with Crippen molar-refractivity contribution in [3.8, 4) is 0 Å². The van der Waals surface area contributed by atoms with Crippen LogP contribution in [0.15, 0.2) is 60.9 Å². The van der Waals surface area contributed by atoms with Crippen molar-refractivity contribution in [1.82, 2.24) is 25.0 Å². The number of hydrogen-bond acceptors (Lipinski definition) is 5. The van der Waals surface area contributed by atoms with E-state index >= 15 is 0 Å². The highest BCUT2D eigenvalue weighted by molar-refractivity contribution is 5.97. The zero-order valence-corrected chi connectivity index (χ0v) is 15.2. The minimum atomic E-state index is -4.50. The second kappa shape index (κ2) is 7.62. The van der Waals surface area contributed by atoms with Gasteiger partial charge in [-0.2, -0.15) is 13.2 Å². The second-order valence-electron chi connectivity index (χ2n) is 6.57. The molecule has 30 heavy (non-hydrogen) atoms. The predicted molar refractivity (Wildman–Crippen MR) is 97.2 cm³/mol. The van der Waals surface area contributed by atoms with Gasteiger partial charge >= 0.3 is 6.18 Å². The van der Waals surface area contributed by atoms with E-state index in [1.165, 1.54) is 53.3 Å². The number of pyridine rings is 2. The summed E-state index contributed by atoms with van der Waals surface area (Å²) < 4.78 is 54.5. The summed E-state index contributed by atoms with van der Waals surface area (Å²) in [5, 5.41) is 11.0. The molecule has 0 N–H and O–H groups in total. The fourth-order valence-electron chi connectivity index (χ4n) is 3.15. The highest BCUT2D eigenvalue weighted by Gasteiger charge is 2.31. The Labute approximate surface area is 167 Å². The molecule has 0 spiro atoms. The van der Waals surface area contributed by atoms with E-state index in [1.807, 2.05) is 0 Å². The largest absolute Gasteiger partial charge is 0.416 e. The molecule has 0 aliphatic rings. The normalized spacial score (nSPS) is 12.8. The van der Waals surface area contributed by atoms with Gasteiger partial charge in [-0.05, 0) is 52.4 Å². The summed E-state index contributed by atoms with van der Waals surface area (Å²) in [6.45, 7) is 0. The summed E-state index contributed by atoms with van der Waals surface area (Å²) in [7, 11) is 0. The summed E-state index contributed by atoms with van der Waals surface area (Å²) in [5.41, 5.74) is 0.152. The molecule has 0 aliphatic heterocycles. The molecule has 1 atom stereocenters. The Morgan fingerprint density at radius 3 is 2.57 bits per heavy atom. The van der Waals surface area contributed by atoms with E-state index in [0.717, 1.165) is 12.1 Å². The Bertz CT molecular complexity index is 1200. The first-order valence-electron chi connectivity index (χ1n) is 8.81. The Morgan fingerprint density at radius 1 is 1.10 bits per heavy atom. The molecule has 0 amide bonds. The van der Waals surface area contributed by atoms with E-state index in [4.69, 9.17) is 0 Å². The molecule has 4 aromatic rings. The first-order valence-corrected chi connectivity index (χ1v) is 8.81. The Balaban J connectivity index is 1.70. The maximum absolute atomic E-state index is 14.4. The molecule has 0 bridgehead atoms. The zero-order valence-electron chi connectivity index (χ0n) is 15.2. The molecule has 0 saturated heterocycles. The van der Waals surface area contributed by atoms with Gasteiger partial charge in [0.25, 0.3) is 0 Å². The smallest absolute Gasteiger partial charge is 0.294 e. The van der Waals surface area contributed by atoms with Crippen LogP contribution in [0.25, 0.3) is 5.65 Å². The number of nitrogens with zero attached hydrogens (tertiary/aromatic N) is 5. The first-order chi connectivity index (χ1) is 14.3. The third-order valence-electron chi connectivity index (χ3n) is 4.67. The molecule has 0 saturated carbocycles. The van der Waals surface area contributed by atoms with Gasteiger partial charge in [0.2, 0.25) is 0 Å². The van der Waals surface area contributed by atoms with Gasteiger partial charge in [-0.3, -0.25) is 9.78 Å². The van der Waals surface area contributed by atoms with Crippen LogP contribution in [-0.2, 0) is 6.18 Å². The number of alkyl halides is 3. The van der Waals surface area contributed by atoms with Crippen LogP contribution in [0, 0.1) is 5.82 Å². The molecule has 0 aliphatic carbocycles. The van der Waals surface area contributed by atoms with Crippen LogP contribution in [0.4, 0.5) is 17.6 Å².